The maximum atomic E-state index is 3.70. The molecule has 1 aromatic carbocycles. The van der Waals surface area contributed by atoms with Crippen LogP contribution in [0.2, 0.25) is 0 Å². The monoisotopic (exact) mass is 275 g/mol. The zero-order valence-corrected chi connectivity index (χ0v) is 14.7. The van der Waals surface area contributed by atoms with Crippen molar-refractivity contribution in [3.63, 3.8) is 0 Å². The van der Waals surface area contributed by atoms with Crippen LogP contribution >= 0.6 is 0 Å². The molecule has 1 aromatic rings. The van der Waals surface area contributed by atoms with Crippen LogP contribution in [0.3, 0.4) is 0 Å². The third-order valence-electron chi connectivity index (χ3n) is 4.64. The quantitative estimate of drug-likeness (QED) is 0.806. The van der Waals surface area contributed by atoms with E-state index < -0.39 is 0 Å². The number of nitrogens with one attached hydrogen (secondary N) is 1. The first-order chi connectivity index (χ1) is 9.05. The van der Waals surface area contributed by atoms with Gasteiger partial charge in [0.15, 0.2) is 0 Å². The predicted molar refractivity (Wildman–Crippen MR) is 90.3 cm³/mol. The Hall–Kier alpha value is -0.820. The molecule has 114 valence electrons. The Labute approximate surface area is 126 Å². The summed E-state index contributed by atoms with van der Waals surface area (Å²) >= 11 is 0. The van der Waals surface area contributed by atoms with Crippen LogP contribution in [-0.2, 0) is 6.42 Å². The molecule has 1 nitrogen and oxygen atoms in total. The largest absolute Gasteiger partial charge is 0.312 e. The van der Waals surface area contributed by atoms with E-state index in [4.69, 9.17) is 0 Å². The van der Waals surface area contributed by atoms with Crippen molar-refractivity contribution < 1.29 is 0 Å². The van der Waals surface area contributed by atoms with E-state index in [1.165, 1.54) is 16.7 Å². The standard InChI is InChI=1S/C19H33N/c1-14(2)19(8,13-20-18(5,6)7)12-17-15(3)10-9-11-16(17)4/h9-11,14,20H,12-13H2,1-8H3. The Bertz CT molecular complexity index is 419. The molecule has 0 fully saturated rings. The molecule has 0 aromatic heterocycles. The first-order valence-electron chi connectivity index (χ1n) is 7.85. The minimum absolute atomic E-state index is 0.178. The Morgan fingerprint density at radius 2 is 1.50 bits per heavy atom. The average molecular weight is 275 g/mol. The molecule has 0 spiro atoms. The number of hydrogen-bond acceptors (Lipinski definition) is 1. The van der Waals surface area contributed by atoms with E-state index in [-0.39, 0.29) is 11.0 Å². The van der Waals surface area contributed by atoms with E-state index in [0.29, 0.717) is 5.92 Å². The molecule has 0 aliphatic heterocycles. The summed E-state index contributed by atoms with van der Waals surface area (Å²) in [5.41, 5.74) is 4.83. The lowest BCUT2D eigenvalue weighted by Gasteiger charge is -2.38. The fourth-order valence-electron chi connectivity index (χ4n) is 2.47. The van der Waals surface area contributed by atoms with E-state index in [2.05, 4.69) is 78.9 Å². The molecule has 0 amide bonds. The first kappa shape index (κ1) is 17.2. The van der Waals surface area contributed by atoms with Gasteiger partial charge in [0.2, 0.25) is 0 Å². The zero-order chi connectivity index (χ0) is 15.6. The number of benzene rings is 1. The molecule has 0 aliphatic rings. The van der Waals surface area contributed by atoms with Gasteiger partial charge in [-0.15, -0.1) is 0 Å². The number of aryl methyl sites for hydroxylation is 2. The van der Waals surface area contributed by atoms with Crippen LogP contribution < -0.4 is 5.32 Å². The van der Waals surface area contributed by atoms with E-state index in [0.717, 1.165) is 13.0 Å². The fourth-order valence-corrected chi connectivity index (χ4v) is 2.47. The summed E-state index contributed by atoms with van der Waals surface area (Å²) in [6, 6.07) is 6.63. The molecule has 0 saturated carbocycles. The summed E-state index contributed by atoms with van der Waals surface area (Å²) < 4.78 is 0. The van der Waals surface area contributed by atoms with Gasteiger partial charge in [-0.2, -0.15) is 0 Å². The fraction of sp³-hybridized carbons (Fsp3) is 0.684. The smallest absolute Gasteiger partial charge is 0.00967 e. The third kappa shape index (κ3) is 4.63. The summed E-state index contributed by atoms with van der Waals surface area (Å²) in [7, 11) is 0. The normalized spacial score (nSPS) is 15.4. The highest BCUT2D eigenvalue weighted by Gasteiger charge is 2.30. The molecule has 1 atom stereocenters. The van der Waals surface area contributed by atoms with Crippen molar-refractivity contribution in [1.82, 2.24) is 5.32 Å². The van der Waals surface area contributed by atoms with Crippen LogP contribution in [-0.4, -0.2) is 12.1 Å². The molecule has 0 aliphatic carbocycles. The topological polar surface area (TPSA) is 12.0 Å². The van der Waals surface area contributed by atoms with Gasteiger partial charge < -0.3 is 5.32 Å². The average Bonchev–Trinajstić information content (AvgIpc) is 2.30. The Morgan fingerprint density at radius 3 is 1.90 bits per heavy atom. The molecule has 0 heterocycles. The van der Waals surface area contributed by atoms with Crippen molar-refractivity contribution in [3.05, 3.63) is 34.9 Å². The van der Waals surface area contributed by atoms with Gasteiger partial charge in [-0.05, 0) is 69.1 Å². The van der Waals surface area contributed by atoms with Gasteiger partial charge in [0.25, 0.3) is 0 Å². The molecule has 1 rings (SSSR count). The van der Waals surface area contributed by atoms with Crippen LogP contribution in [0.5, 0.6) is 0 Å². The predicted octanol–water partition coefficient (Wildman–Crippen LogP) is 4.90. The maximum Gasteiger partial charge on any atom is 0.00967 e. The van der Waals surface area contributed by atoms with Crippen molar-refractivity contribution in [1.29, 1.82) is 0 Å². The lowest BCUT2D eigenvalue weighted by Crippen LogP contribution is -2.46. The van der Waals surface area contributed by atoms with E-state index in [1.807, 2.05) is 0 Å². The van der Waals surface area contributed by atoms with Crippen LogP contribution in [0.4, 0.5) is 0 Å². The van der Waals surface area contributed by atoms with Gasteiger partial charge in [0.05, 0.1) is 0 Å². The molecule has 20 heavy (non-hydrogen) atoms. The summed E-state index contributed by atoms with van der Waals surface area (Å²) in [6.07, 6.45) is 1.15. The molecular formula is C19H33N. The van der Waals surface area contributed by atoms with Crippen molar-refractivity contribution in [2.75, 3.05) is 6.54 Å². The first-order valence-corrected chi connectivity index (χ1v) is 7.85. The SMILES string of the molecule is Cc1cccc(C)c1CC(C)(CNC(C)(C)C)C(C)C. The molecule has 0 bridgehead atoms. The lowest BCUT2D eigenvalue weighted by molar-refractivity contribution is 0.187. The molecule has 0 saturated heterocycles. The molecular weight excluding hydrogens is 242 g/mol. The molecule has 1 unspecified atom stereocenters. The van der Waals surface area contributed by atoms with E-state index in [1.54, 1.807) is 0 Å². The third-order valence-corrected chi connectivity index (χ3v) is 4.64. The summed E-state index contributed by atoms with van der Waals surface area (Å²) in [5.74, 6) is 0.649. The van der Waals surface area contributed by atoms with Gasteiger partial charge in [0, 0.05) is 12.1 Å². The van der Waals surface area contributed by atoms with Crippen molar-refractivity contribution in [2.24, 2.45) is 11.3 Å². The lowest BCUT2D eigenvalue weighted by atomic mass is 9.72. The Kier molecular flexibility index (Phi) is 5.43. The molecule has 1 heteroatoms. The second-order valence-electron chi connectivity index (χ2n) is 7.96. The minimum atomic E-state index is 0.178. The number of rotatable bonds is 5. The zero-order valence-electron chi connectivity index (χ0n) is 14.7. The Morgan fingerprint density at radius 1 is 1.00 bits per heavy atom. The van der Waals surface area contributed by atoms with Crippen LogP contribution in [0.25, 0.3) is 0 Å². The minimum Gasteiger partial charge on any atom is -0.312 e. The van der Waals surface area contributed by atoms with Gasteiger partial charge in [-0.1, -0.05) is 39.0 Å². The highest BCUT2D eigenvalue weighted by Crippen LogP contribution is 2.33. The summed E-state index contributed by atoms with van der Waals surface area (Å²) in [4.78, 5) is 0. The highest BCUT2D eigenvalue weighted by atomic mass is 15.0. The van der Waals surface area contributed by atoms with Crippen molar-refractivity contribution >= 4 is 0 Å². The Balaban J connectivity index is 2.97. The summed E-state index contributed by atoms with van der Waals surface area (Å²) in [6.45, 7) is 19.4. The maximum absolute atomic E-state index is 3.70. The van der Waals surface area contributed by atoms with Gasteiger partial charge in [-0.3, -0.25) is 0 Å². The van der Waals surface area contributed by atoms with Crippen LogP contribution in [0.1, 0.15) is 58.2 Å². The van der Waals surface area contributed by atoms with Gasteiger partial charge in [0.1, 0.15) is 0 Å². The van der Waals surface area contributed by atoms with Crippen LogP contribution in [0, 0.1) is 25.2 Å². The summed E-state index contributed by atoms with van der Waals surface area (Å²) in [5, 5.41) is 3.70. The highest BCUT2D eigenvalue weighted by molar-refractivity contribution is 5.34. The second-order valence-corrected chi connectivity index (χ2v) is 7.96. The second kappa shape index (κ2) is 6.30. The molecule has 0 radical (unpaired) electrons. The van der Waals surface area contributed by atoms with E-state index >= 15 is 0 Å². The van der Waals surface area contributed by atoms with Crippen molar-refractivity contribution in [3.8, 4) is 0 Å². The molecule has 1 N–H and O–H groups in total. The van der Waals surface area contributed by atoms with Gasteiger partial charge in [-0.25, -0.2) is 0 Å². The van der Waals surface area contributed by atoms with E-state index in [9.17, 15) is 0 Å². The van der Waals surface area contributed by atoms with Crippen LogP contribution in [0.15, 0.2) is 18.2 Å². The van der Waals surface area contributed by atoms with Gasteiger partial charge >= 0.3 is 0 Å². The van der Waals surface area contributed by atoms with Crippen molar-refractivity contribution in [2.45, 2.75) is 67.3 Å². The number of hydrogen-bond donors (Lipinski definition) is 1.